The Labute approximate surface area is 96.3 Å². The van der Waals surface area contributed by atoms with Gasteiger partial charge >= 0.3 is 0 Å². The predicted molar refractivity (Wildman–Crippen MR) is 63.9 cm³/mol. The van der Waals surface area contributed by atoms with Crippen molar-refractivity contribution in [3.05, 3.63) is 29.6 Å². The van der Waals surface area contributed by atoms with Gasteiger partial charge in [0, 0.05) is 13.1 Å². The van der Waals surface area contributed by atoms with Gasteiger partial charge < -0.3 is 4.90 Å². The second kappa shape index (κ2) is 5.50. The van der Waals surface area contributed by atoms with Crippen molar-refractivity contribution < 1.29 is 4.39 Å². The Hall–Kier alpha value is -1.56. The topological polar surface area (TPSA) is 27.0 Å². The molecule has 3 heteroatoms. The SMILES string of the molecule is CCC(CC)N(C)c1cccc(F)c1C#N. The van der Waals surface area contributed by atoms with Gasteiger partial charge in [-0.15, -0.1) is 0 Å². The molecule has 0 N–H and O–H groups in total. The Morgan fingerprint density at radius 3 is 2.50 bits per heavy atom. The van der Waals surface area contributed by atoms with E-state index >= 15 is 0 Å². The van der Waals surface area contributed by atoms with Crippen molar-refractivity contribution in [2.24, 2.45) is 0 Å². The second-order valence-corrected chi connectivity index (χ2v) is 3.83. The molecule has 1 aromatic carbocycles. The Bertz CT molecular complexity index is 391. The lowest BCUT2D eigenvalue weighted by atomic mass is 10.1. The molecule has 0 heterocycles. The molecule has 16 heavy (non-hydrogen) atoms. The fourth-order valence-corrected chi connectivity index (χ4v) is 1.95. The maximum absolute atomic E-state index is 13.4. The van der Waals surface area contributed by atoms with Crippen LogP contribution in [-0.2, 0) is 0 Å². The van der Waals surface area contributed by atoms with E-state index in [1.807, 2.05) is 18.0 Å². The summed E-state index contributed by atoms with van der Waals surface area (Å²) in [6.45, 7) is 4.19. The zero-order chi connectivity index (χ0) is 12.1. The summed E-state index contributed by atoms with van der Waals surface area (Å²) in [5, 5.41) is 8.96. The van der Waals surface area contributed by atoms with E-state index in [9.17, 15) is 4.39 Å². The number of hydrogen-bond acceptors (Lipinski definition) is 2. The molecule has 0 saturated carbocycles. The highest BCUT2D eigenvalue weighted by Crippen LogP contribution is 2.24. The minimum atomic E-state index is -0.446. The van der Waals surface area contributed by atoms with Crippen molar-refractivity contribution in [3.8, 4) is 6.07 Å². The molecule has 86 valence electrons. The van der Waals surface area contributed by atoms with Gasteiger partial charge in [-0.2, -0.15) is 5.26 Å². The van der Waals surface area contributed by atoms with Crippen LogP contribution < -0.4 is 4.90 Å². The van der Waals surface area contributed by atoms with E-state index in [2.05, 4.69) is 13.8 Å². The Kier molecular flexibility index (Phi) is 4.30. The third-order valence-electron chi connectivity index (χ3n) is 2.97. The summed E-state index contributed by atoms with van der Waals surface area (Å²) in [4.78, 5) is 1.99. The molecular formula is C13H17FN2. The third kappa shape index (κ3) is 2.33. The van der Waals surface area contributed by atoms with Crippen LogP contribution in [0.4, 0.5) is 10.1 Å². The molecule has 0 spiro atoms. The van der Waals surface area contributed by atoms with Crippen LogP contribution in [0.3, 0.4) is 0 Å². The minimum Gasteiger partial charge on any atom is -0.370 e. The summed E-state index contributed by atoms with van der Waals surface area (Å²) in [6.07, 6.45) is 1.96. The molecule has 0 aliphatic carbocycles. The number of halogens is 1. The van der Waals surface area contributed by atoms with Gasteiger partial charge in [0.05, 0.1) is 5.69 Å². The molecule has 2 nitrogen and oxygen atoms in total. The predicted octanol–water partition coefficient (Wildman–Crippen LogP) is 3.32. The first kappa shape index (κ1) is 12.5. The lowest BCUT2D eigenvalue weighted by molar-refractivity contribution is 0.585. The first-order chi connectivity index (χ1) is 7.65. The average Bonchev–Trinajstić information content (AvgIpc) is 2.30. The maximum atomic E-state index is 13.4. The fraction of sp³-hybridized carbons (Fsp3) is 0.462. The summed E-state index contributed by atoms with van der Waals surface area (Å²) in [6, 6.07) is 7.03. The number of anilines is 1. The molecule has 0 aliphatic rings. The number of benzene rings is 1. The normalized spacial score (nSPS) is 10.2. The summed E-state index contributed by atoms with van der Waals surface area (Å²) in [5.74, 6) is -0.446. The van der Waals surface area contributed by atoms with Crippen molar-refractivity contribution >= 4 is 5.69 Å². The average molecular weight is 220 g/mol. The highest BCUT2D eigenvalue weighted by atomic mass is 19.1. The monoisotopic (exact) mass is 220 g/mol. The Morgan fingerprint density at radius 1 is 1.38 bits per heavy atom. The summed E-state index contributed by atoms with van der Waals surface area (Å²) in [5.41, 5.74) is 0.813. The van der Waals surface area contributed by atoms with Gasteiger partial charge in [0.1, 0.15) is 17.4 Å². The number of hydrogen-bond donors (Lipinski definition) is 0. The van der Waals surface area contributed by atoms with E-state index in [1.165, 1.54) is 6.07 Å². The Morgan fingerprint density at radius 2 is 2.00 bits per heavy atom. The molecule has 0 unspecified atom stereocenters. The standard InChI is InChI=1S/C13H17FN2/c1-4-10(5-2)16(3)13-8-6-7-12(14)11(13)9-15/h6-8,10H,4-5H2,1-3H3. The molecular weight excluding hydrogens is 203 g/mol. The van der Waals surface area contributed by atoms with E-state index in [4.69, 9.17) is 5.26 Å². The van der Waals surface area contributed by atoms with Crippen molar-refractivity contribution in [2.45, 2.75) is 32.7 Å². The zero-order valence-electron chi connectivity index (χ0n) is 10.00. The van der Waals surface area contributed by atoms with Crippen LogP contribution in [0.1, 0.15) is 32.3 Å². The largest absolute Gasteiger partial charge is 0.370 e. The summed E-state index contributed by atoms with van der Waals surface area (Å²) < 4.78 is 13.4. The van der Waals surface area contributed by atoms with Crippen molar-refractivity contribution in [1.29, 1.82) is 5.26 Å². The van der Waals surface area contributed by atoms with Gasteiger partial charge in [-0.1, -0.05) is 19.9 Å². The van der Waals surface area contributed by atoms with E-state index in [0.717, 1.165) is 12.8 Å². The van der Waals surface area contributed by atoms with E-state index < -0.39 is 5.82 Å². The van der Waals surface area contributed by atoms with E-state index in [0.29, 0.717) is 11.7 Å². The molecule has 0 fully saturated rings. The number of nitriles is 1. The van der Waals surface area contributed by atoms with Crippen molar-refractivity contribution in [1.82, 2.24) is 0 Å². The van der Waals surface area contributed by atoms with Crippen molar-refractivity contribution in [2.75, 3.05) is 11.9 Å². The van der Waals surface area contributed by atoms with Gasteiger partial charge in [0.15, 0.2) is 0 Å². The molecule has 1 aromatic rings. The number of rotatable bonds is 4. The van der Waals surface area contributed by atoms with Crippen LogP contribution in [0.25, 0.3) is 0 Å². The van der Waals surface area contributed by atoms with Crippen molar-refractivity contribution in [3.63, 3.8) is 0 Å². The highest BCUT2D eigenvalue weighted by molar-refractivity contribution is 5.59. The van der Waals surface area contributed by atoms with E-state index in [1.54, 1.807) is 12.1 Å². The number of nitrogens with zero attached hydrogens (tertiary/aromatic N) is 2. The van der Waals surface area contributed by atoms with Crippen LogP contribution in [0.2, 0.25) is 0 Å². The molecule has 0 aromatic heterocycles. The van der Waals surface area contributed by atoms with Gasteiger partial charge in [-0.3, -0.25) is 0 Å². The summed E-state index contributed by atoms with van der Waals surface area (Å²) in [7, 11) is 1.91. The quantitative estimate of drug-likeness (QED) is 0.778. The molecule has 0 radical (unpaired) electrons. The lowest BCUT2D eigenvalue weighted by Gasteiger charge is -2.29. The van der Waals surface area contributed by atoms with Crippen LogP contribution in [0.5, 0.6) is 0 Å². The van der Waals surface area contributed by atoms with Crippen LogP contribution in [0, 0.1) is 17.1 Å². The third-order valence-corrected chi connectivity index (χ3v) is 2.97. The lowest BCUT2D eigenvalue weighted by Crippen LogP contribution is -2.31. The minimum absolute atomic E-state index is 0.136. The Balaban J connectivity index is 3.13. The molecule has 0 saturated heterocycles. The maximum Gasteiger partial charge on any atom is 0.143 e. The van der Waals surface area contributed by atoms with Gasteiger partial charge in [0.25, 0.3) is 0 Å². The fourth-order valence-electron chi connectivity index (χ4n) is 1.95. The van der Waals surface area contributed by atoms with Crippen LogP contribution >= 0.6 is 0 Å². The van der Waals surface area contributed by atoms with Gasteiger partial charge in [-0.25, -0.2) is 4.39 Å². The highest BCUT2D eigenvalue weighted by Gasteiger charge is 2.16. The smallest absolute Gasteiger partial charge is 0.143 e. The summed E-state index contributed by atoms with van der Waals surface area (Å²) >= 11 is 0. The van der Waals surface area contributed by atoms with Gasteiger partial charge in [0.2, 0.25) is 0 Å². The van der Waals surface area contributed by atoms with Crippen LogP contribution in [-0.4, -0.2) is 13.1 Å². The first-order valence-corrected chi connectivity index (χ1v) is 5.57. The molecule has 0 amide bonds. The zero-order valence-corrected chi connectivity index (χ0v) is 10.00. The molecule has 0 atom stereocenters. The molecule has 0 bridgehead atoms. The molecule has 1 rings (SSSR count). The first-order valence-electron chi connectivity index (χ1n) is 5.57. The van der Waals surface area contributed by atoms with Gasteiger partial charge in [-0.05, 0) is 25.0 Å². The van der Waals surface area contributed by atoms with E-state index in [-0.39, 0.29) is 5.56 Å². The second-order valence-electron chi connectivity index (χ2n) is 3.83. The van der Waals surface area contributed by atoms with Crippen LogP contribution in [0.15, 0.2) is 18.2 Å². The molecule has 0 aliphatic heterocycles.